The molecule has 0 radical (unpaired) electrons. The number of nitrogens with zero attached hydrogens (tertiary/aromatic N) is 5. The maximum atomic E-state index is 12.4. The van der Waals surface area contributed by atoms with Crippen molar-refractivity contribution in [2.75, 3.05) is 20.9 Å². The number of para-hydroxylation sites is 4. The Morgan fingerprint density at radius 3 is 1.11 bits per heavy atom. The largest absolute Gasteiger partial charge is 0.356 e. The van der Waals surface area contributed by atoms with Crippen LogP contribution in [0.15, 0.2) is 128 Å². The number of anilines is 6. The zero-order valence-corrected chi connectivity index (χ0v) is 19.7. The molecule has 0 fully saturated rings. The van der Waals surface area contributed by atoms with E-state index in [0.29, 0.717) is 0 Å². The second-order valence-electron chi connectivity index (χ2n) is 7.91. The smallest absolute Gasteiger partial charge is 0.271 e. The van der Waals surface area contributed by atoms with Crippen LogP contribution in [0.2, 0.25) is 0 Å². The Morgan fingerprint density at radius 1 is 0.541 bits per heavy atom. The minimum Gasteiger partial charge on any atom is -0.271 e. The van der Waals surface area contributed by atoms with Gasteiger partial charge < -0.3 is 0 Å². The van der Waals surface area contributed by atoms with Gasteiger partial charge in [-0.1, -0.05) is 72.8 Å². The average molecular weight is 490 g/mol. The van der Waals surface area contributed by atoms with E-state index in [4.69, 9.17) is 0 Å². The van der Waals surface area contributed by atoms with Crippen molar-refractivity contribution in [3.05, 3.63) is 138 Å². The van der Waals surface area contributed by atoms with Gasteiger partial charge in [-0.2, -0.15) is 0 Å². The molecule has 0 amide bonds. The lowest BCUT2D eigenvalue weighted by molar-refractivity contribution is -0.383. The molecule has 0 bridgehead atoms. The quantitative estimate of drug-likeness (QED) is 0.174. The van der Waals surface area contributed by atoms with Gasteiger partial charge in [0.15, 0.2) is 0 Å². The molecular formula is C28H23N7O2. The summed E-state index contributed by atoms with van der Waals surface area (Å²) in [7, 11) is 0. The molecule has 37 heavy (non-hydrogen) atoms. The van der Waals surface area contributed by atoms with E-state index in [1.807, 2.05) is 121 Å². The lowest BCUT2D eigenvalue weighted by atomic mass is 10.2. The lowest BCUT2D eigenvalue weighted by Gasteiger charge is -2.27. The minimum atomic E-state index is -0.493. The van der Waals surface area contributed by atoms with Crippen LogP contribution in [-0.2, 0) is 0 Å². The van der Waals surface area contributed by atoms with Crippen molar-refractivity contribution in [3.63, 3.8) is 0 Å². The summed E-state index contributed by atoms with van der Waals surface area (Å²) in [5.74, 6) is 0.0764. The molecule has 4 aromatic carbocycles. The van der Waals surface area contributed by atoms with Crippen molar-refractivity contribution in [1.29, 1.82) is 0 Å². The molecule has 9 nitrogen and oxygen atoms in total. The van der Waals surface area contributed by atoms with Crippen molar-refractivity contribution in [2.45, 2.75) is 0 Å². The molecule has 182 valence electrons. The first-order chi connectivity index (χ1) is 18.2. The Balaban J connectivity index is 1.56. The van der Waals surface area contributed by atoms with Gasteiger partial charge in [0.1, 0.15) is 6.33 Å². The van der Waals surface area contributed by atoms with E-state index in [2.05, 4.69) is 20.8 Å². The molecule has 0 saturated heterocycles. The van der Waals surface area contributed by atoms with E-state index in [1.54, 1.807) is 10.0 Å². The summed E-state index contributed by atoms with van der Waals surface area (Å²) in [6.45, 7) is 0. The maximum Gasteiger partial charge on any atom is 0.356 e. The third-order valence-corrected chi connectivity index (χ3v) is 5.50. The zero-order valence-electron chi connectivity index (χ0n) is 19.7. The molecule has 0 saturated carbocycles. The second kappa shape index (κ2) is 10.9. The molecule has 2 N–H and O–H groups in total. The van der Waals surface area contributed by atoms with Gasteiger partial charge in [-0.05, 0) is 48.5 Å². The van der Waals surface area contributed by atoms with E-state index in [1.165, 1.54) is 6.33 Å². The minimum absolute atomic E-state index is 0.0382. The molecule has 1 aromatic heterocycles. The molecule has 1 heterocycles. The van der Waals surface area contributed by atoms with Crippen LogP contribution in [0.5, 0.6) is 0 Å². The van der Waals surface area contributed by atoms with Gasteiger partial charge in [-0.25, -0.2) is 9.97 Å². The number of nitro groups is 1. The predicted molar refractivity (Wildman–Crippen MR) is 146 cm³/mol. The molecule has 0 spiro atoms. The topological polar surface area (TPSA) is 99.5 Å². The fraction of sp³-hybridized carbons (Fsp3) is 0. The fourth-order valence-electron chi connectivity index (χ4n) is 3.79. The van der Waals surface area contributed by atoms with Gasteiger partial charge in [0, 0.05) is 0 Å². The molecule has 0 atom stereocenters. The van der Waals surface area contributed by atoms with Gasteiger partial charge in [0.2, 0.25) is 11.6 Å². The van der Waals surface area contributed by atoms with E-state index in [9.17, 15) is 10.1 Å². The highest BCUT2D eigenvalue weighted by atomic mass is 16.6. The van der Waals surface area contributed by atoms with E-state index < -0.39 is 4.92 Å². The SMILES string of the molecule is O=[N+]([O-])c1c(NN(c2ccccc2)c2ccccc2)ncnc1NN(c1ccccc1)c1ccccc1. The van der Waals surface area contributed by atoms with Crippen molar-refractivity contribution in [2.24, 2.45) is 0 Å². The van der Waals surface area contributed by atoms with Gasteiger partial charge in [0.25, 0.3) is 0 Å². The fourth-order valence-corrected chi connectivity index (χ4v) is 3.79. The molecule has 5 rings (SSSR count). The zero-order chi connectivity index (χ0) is 25.5. The molecule has 9 heteroatoms. The standard InChI is InChI=1S/C28H23N7O2/c36-35(37)26-27(31-33(22-13-5-1-6-14-22)23-15-7-2-8-16-23)29-21-30-28(26)32-34(24-17-9-3-10-18-24)25-19-11-4-12-20-25/h1-21H,(H2,29,30,31,32). The van der Waals surface area contributed by atoms with Gasteiger partial charge in [0.05, 0.1) is 27.7 Å². The number of benzene rings is 4. The molecule has 0 aliphatic rings. The summed E-state index contributed by atoms with van der Waals surface area (Å²) in [4.78, 5) is 20.3. The molecule has 0 unspecified atom stereocenters. The third kappa shape index (κ3) is 5.30. The summed E-state index contributed by atoms with van der Waals surface area (Å²) >= 11 is 0. The van der Waals surface area contributed by atoms with Crippen LogP contribution in [0.3, 0.4) is 0 Å². The predicted octanol–water partition coefficient (Wildman–Crippen LogP) is 6.72. The summed E-state index contributed by atoms with van der Waals surface area (Å²) < 4.78 is 0. The highest BCUT2D eigenvalue weighted by Crippen LogP contribution is 2.35. The van der Waals surface area contributed by atoms with Gasteiger partial charge >= 0.3 is 5.69 Å². The molecule has 0 aliphatic heterocycles. The Hall–Kier alpha value is -5.44. The van der Waals surface area contributed by atoms with E-state index >= 15 is 0 Å². The summed E-state index contributed by atoms with van der Waals surface area (Å²) in [6.07, 6.45) is 1.29. The Kier molecular flexibility index (Phi) is 6.85. The number of hydrogen-bond donors (Lipinski definition) is 2. The average Bonchev–Trinajstić information content (AvgIpc) is 2.96. The Morgan fingerprint density at radius 2 is 0.838 bits per heavy atom. The van der Waals surface area contributed by atoms with Crippen LogP contribution < -0.4 is 20.9 Å². The first-order valence-corrected chi connectivity index (χ1v) is 11.5. The number of aromatic nitrogens is 2. The Bertz CT molecular complexity index is 1270. The van der Waals surface area contributed by atoms with Crippen LogP contribution in [0, 0.1) is 10.1 Å². The highest BCUT2D eigenvalue weighted by Gasteiger charge is 2.27. The molecular weight excluding hydrogens is 466 g/mol. The van der Waals surface area contributed by atoms with Crippen molar-refractivity contribution in [1.82, 2.24) is 9.97 Å². The van der Waals surface area contributed by atoms with Crippen LogP contribution in [0.1, 0.15) is 0 Å². The van der Waals surface area contributed by atoms with Crippen LogP contribution >= 0.6 is 0 Å². The molecule has 0 aliphatic carbocycles. The summed E-state index contributed by atoms with van der Waals surface area (Å²) in [6, 6.07) is 38.0. The highest BCUT2D eigenvalue weighted by molar-refractivity contribution is 5.77. The van der Waals surface area contributed by atoms with Crippen LogP contribution in [0.4, 0.5) is 40.1 Å². The van der Waals surface area contributed by atoms with Crippen LogP contribution in [-0.4, -0.2) is 14.9 Å². The van der Waals surface area contributed by atoms with Crippen molar-refractivity contribution < 1.29 is 4.92 Å². The van der Waals surface area contributed by atoms with E-state index in [-0.39, 0.29) is 17.3 Å². The number of nitrogens with one attached hydrogen (secondary N) is 2. The normalized spacial score (nSPS) is 10.4. The van der Waals surface area contributed by atoms with Crippen molar-refractivity contribution >= 4 is 40.1 Å². The lowest BCUT2D eigenvalue weighted by Crippen LogP contribution is -2.28. The summed E-state index contributed by atoms with van der Waals surface area (Å²) in [5, 5.41) is 15.8. The summed E-state index contributed by atoms with van der Waals surface area (Å²) in [5.41, 5.74) is 9.11. The number of hydrazine groups is 2. The first-order valence-electron chi connectivity index (χ1n) is 11.5. The van der Waals surface area contributed by atoms with Gasteiger partial charge in [-0.15, -0.1) is 0 Å². The van der Waals surface area contributed by atoms with Crippen LogP contribution in [0.25, 0.3) is 0 Å². The Labute approximate surface area is 213 Å². The van der Waals surface area contributed by atoms with Crippen molar-refractivity contribution in [3.8, 4) is 0 Å². The first kappa shape index (κ1) is 23.3. The second-order valence-corrected chi connectivity index (χ2v) is 7.91. The third-order valence-electron chi connectivity index (χ3n) is 5.50. The monoisotopic (exact) mass is 489 g/mol. The van der Waals surface area contributed by atoms with Gasteiger partial charge in [-0.3, -0.25) is 31.0 Å². The number of hydrogen-bond acceptors (Lipinski definition) is 8. The number of rotatable bonds is 9. The van der Waals surface area contributed by atoms with E-state index in [0.717, 1.165) is 22.7 Å². The molecule has 5 aromatic rings. The maximum absolute atomic E-state index is 12.4.